The van der Waals surface area contributed by atoms with Crippen LogP contribution in [0.15, 0.2) is 0 Å². The summed E-state index contributed by atoms with van der Waals surface area (Å²) in [4.78, 5) is 0. The van der Waals surface area contributed by atoms with Gasteiger partial charge in [-0.15, -0.1) is 0 Å². The third kappa shape index (κ3) is 7.24. The van der Waals surface area contributed by atoms with Crippen LogP contribution in [0.25, 0.3) is 0 Å². The molecule has 0 rings (SSSR count). The van der Waals surface area contributed by atoms with E-state index in [-0.39, 0.29) is 23.0 Å². The minimum atomic E-state index is -0.246. The monoisotopic (exact) mass is 230 g/mol. The molecule has 2 unspecified atom stereocenters. The first-order chi connectivity index (χ1) is 7.06. The van der Waals surface area contributed by atoms with Crippen LogP contribution in [0.2, 0.25) is 0 Å². The van der Waals surface area contributed by atoms with Gasteiger partial charge in [0.2, 0.25) is 0 Å². The van der Waals surface area contributed by atoms with Gasteiger partial charge >= 0.3 is 0 Å². The van der Waals surface area contributed by atoms with Crippen molar-refractivity contribution in [3.8, 4) is 0 Å². The highest BCUT2D eigenvalue weighted by molar-refractivity contribution is 4.78. The van der Waals surface area contributed by atoms with Gasteiger partial charge < -0.3 is 9.84 Å². The Bertz CT molecular complexity index is 186. The summed E-state index contributed by atoms with van der Waals surface area (Å²) in [5.74, 6) is 0. The Hall–Kier alpha value is -0.0800. The Morgan fingerprint density at radius 1 is 1.06 bits per heavy atom. The van der Waals surface area contributed by atoms with Gasteiger partial charge in [0.05, 0.1) is 18.8 Å². The molecule has 0 aliphatic rings. The van der Waals surface area contributed by atoms with Gasteiger partial charge in [0, 0.05) is 0 Å². The smallest absolute Gasteiger partial charge is 0.0648 e. The second kappa shape index (κ2) is 6.02. The zero-order valence-electron chi connectivity index (χ0n) is 12.1. The highest BCUT2D eigenvalue weighted by atomic mass is 16.5. The van der Waals surface area contributed by atoms with Crippen molar-refractivity contribution in [3.63, 3.8) is 0 Å². The number of aliphatic hydroxyl groups excluding tert-OH is 1. The predicted molar refractivity (Wildman–Crippen MR) is 69.6 cm³/mol. The summed E-state index contributed by atoms with van der Waals surface area (Å²) in [6, 6.07) is 0. The Balaban J connectivity index is 4.34. The number of hydrogen-bond acceptors (Lipinski definition) is 2. The molecule has 0 aromatic heterocycles. The van der Waals surface area contributed by atoms with Crippen molar-refractivity contribution in [2.75, 3.05) is 6.61 Å². The molecule has 98 valence electrons. The first kappa shape index (κ1) is 15.9. The maximum atomic E-state index is 9.74. The molecule has 0 saturated heterocycles. The number of rotatable bonds is 5. The SMILES string of the molecule is CCC(O)CC(OCC(C)(C)C)C(C)(C)C. The molecular weight excluding hydrogens is 200 g/mol. The molecule has 0 saturated carbocycles. The van der Waals surface area contributed by atoms with Crippen LogP contribution in [0.1, 0.15) is 61.3 Å². The van der Waals surface area contributed by atoms with E-state index in [1.807, 2.05) is 6.92 Å². The molecule has 0 aromatic carbocycles. The summed E-state index contributed by atoms with van der Waals surface area (Å²) in [7, 11) is 0. The number of hydrogen-bond donors (Lipinski definition) is 1. The molecule has 1 N–H and O–H groups in total. The van der Waals surface area contributed by atoms with Crippen LogP contribution in [0.4, 0.5) is 0 Å². The predicted octanol–water partition coefficient (Wildman–Crippen LogP) is 3.62. The fourth-order valence-corrected chi connectivity index (χ4v) is 1.44. The fourth-order valence-electron chi connectivity index (χ4n) is 1.44. The van der Waals surface area contributed by atoms with Gasteiger partial charge in [-0.2, -0.15) is 0 Å². The highest BCUT2D eigenvalue weighted by Crippen LogP contribution is 2.28. The largest absolute Gasteiger partial charge is 0.393 e. The minimum Gasteiger partial charge on any atom is -0.393 e. The molecular formula is C14H30O2. The van der Waals surface area contributed by atoms with Gasteiger partial charge in [-0.05, 0) is 23.7 Å². The Morgan fingerprint density at radius 2 is 1.56 bits per heavy atom. The topological polar surface area (TPSA) is 29.5 Å². The standard InChI is InChI=1S/C14H30O2/c1-8-11(15)9-12(14(5,6)7)16-10-13(2,3)4/h11-12,15H,8-10H2,1-7H3. The third-order valence-electron chi connectivity index (χ3n) is 2.64. The molecule has 0 bridgehead atoms. The van der Waals surface area contributed by atoms with Crippen molar-refractivity contribution in [2.24, 2.45) is 10.8 Å². The fraction of sp³-hybridized carbons (Fsp3) is 1.00. The first-order valence-electron chi connectivity index (χ1n) is 6.36. The maximum Gasteiger partial charge on any atom is 0.0648 e. The van der Waals surface area contributed by atoms with E-state index in [1.54, 1.807) is 0 Å². The average molecular weight is 230 g/mol. The zero-order valence-corrected chi connectivity index (χ0v) is 12.1. The summed E-state index contributed by atoms with van der Waals surface area (Å²) in [5, 5.41) is 9.74. The molecule has 2 heteroatoms. The van der Waals surface area contributed by atoms with E-state index in [1.165, 1.54) is 0 Å². The summed E-state index contributed by atoms with van der Waals surface area (Å²) in [6.45, 7) is 15.8. The lowest BCUT2D eigenvalue weighted by Crippen LogP contribution is -2.35. The molecule has 16 heavy (non-hydrogen) atoms. The second-order valence-corrected chi connectivity index (χ2v) is 7.02. The van der Waals surface area contributed by atoms with E-state index in [9.17, 15) is 5.11 Å². The van der Waals surface area contributed by atoms with E-state index in [0.29, 0.717) is 0 Å². The summed E-state index contributed by atoms with van der Waals surface area (Å²) < 4.78 is 5.98. The van der Waals surface area contributed by atoms with E-state index in [2.05, 4.69) is 41.5 Å². The third-order valence-corrected chi connectivity index (χ3v) is 2.64. The first-order valence-corrected chi connectivity index (χ1v) is 6.36. The second-order valence-electron chi connectivity index (χ2n) is 7.02. The van der Waals surface area contributed by atoms with E-state index in [0.717, 1.165) is 19.4 Å². The maximum absolute atomic E-state index is 9.74. The van der Waals surface area contributed by atoms with Gasteiger partial charge in [0.1, 0.15) is 0 Å². The normalized spacial score (nSPS) is 17.2. The molecule has 0 aliphatic carbocycles. The van der Waals surface area contributed by atoms with Crippen LogP contribution in [0, 0.1) is 10.8 Å². The average Bonchev–Trinajstić information content (AvgIpc) is 2.08. The van der Waals surface area contributed by atoms with Crippen molar-refractivity contribution in [1.82, 2.24) is 0 Å². The molecule has 0 amide bonds. The Kier molecular flexibility index (Phi) is 5.99. The van der Waals surface area contributed by atoms with Crippen LogP contribution in [0.5, 0.6) is 0 Å². The molecule has 0 aromatic rings. The lowest BCUT2D eigenvalue weighted by Gasteiger charge is -2.34. The molecule has 2 nitrogen and oxygen atoms in total. The number of ether oxygens (including phenoxy) is 1. The lowest BCUT2D eigenvalue weighted by atomic mass is 9.85. The molecule has 0 aliphatic heterocycles. The van der Waals surface area contributed by atoms with Gasteiger partial charge in [-0.3, -0.25) is 0 Å². The van der Waals surface area contributed by atoms with Gasteiger partial charge in [0.15, 0.2) is 0 Å². The zero-order chi connectivity index (χ0) is 13.0. The number of aliphatic hydroxyl groups is 1. The van der Waals surface area contributed by atoms with Crippen LogP contribution >= 0.6 is 0 Å². The van der Waals surface area contributed by atoms with Crippen molar-refractivity contribution in [2.45, 2.75) is 73.5 Å². The van der Waals surface area contributed by atoms with Gasteiger partial charge in [-0.1, -0.05) is 48.5 Å². The minimum absolute atomic E-state index is 0.0847. The van der Waals surface area contributed by atoms with Crippen molar-refractivity contribution in [3.05, 3.63) is 0 Å². The molecule has 0 radical (unpaired) electrons. The van der Waals surface area contributed by atoms with Crippen LogP contribution < -0.4 is 0 Å². The van der Waals surface area contributed by atoms with Crippen molar-refractivity contribution < 1.29 is 9.84 Å². The highest BCUT2D eigenvalue weighted by Gasteiger charge is 2.28. The van der Waals surface area contributed by atoms with Crippen molar-refractivity contribution >= 4 is 0 Å². The summed E-state index contributed by atoms with van der Waals surface area (Å²) >= 11 is 0. The summed E-state index contributed by atoms with van der Waals surface area (Å²) in [6.07, 6.45) is 1.41. The molecule has 0 heterocycles. The lowest BCUT2D eigenvalue weighted by molar-refractivity contribution is -0.0693. The van der Waals surface area contributed by atoms with E-state index in [4.69, 9.17) is 4.74 Å². The van der Waals surface area contributed by atoms with E-state index < -0.39 is 0 Å². The summed E-state index contributed by atoms with van der Waals surface area (Å²) in [5.41, 5.74) is 0.266. The molecule has 0 spiro atoms. The quantitative estimate of drug-likeness (QED) is 0.781. The molecule has 0 fully saturated rings. The van der Waals surface area contributed by atoms with Gasteiger partial charge in [0.25, 0.3) is 0 Å². The van der Waals surface area contributed by atoms with Gasteiger partial charge in [-0.25, -0.2) is 0 Å². The van der Waals surface area contributed by atoms with Crippen LogP contribution in [-0.4, -0.2) is 23.9 Å². The Labute approximate surface area is 101 Å². The van der Waals surface area contributed by atoms with Crippen LogP contribution in [0.3, 0.4) is 0 Å². The van der Waals surface area contributed by atoms with Crippen molar-refractivity contribution in [1.29, 1.82) is 0 Å². The van der Waals surface area contributed by atoms with Crippen LogP contribution in [-0.2, 0) is 4.74 Å². The van der Waals surface area contributed by atoms with E-state index >= 15 is 0 Å². The Morgan fingerprint density at radius 3 is 1.88 bits per heavy atom. The molecule has 2 atom stereocenters.